The fraction of sp³-hybridized carbons (Fsp3) is 0.385. The minimum Gasteiger partial charge on any atom is -0.481 e. The molecular weight excluding hydrogens is 501 g/mol. The Labute approximate surface area is 218 Å². The zero-order chi connectivity index (χ0) is 27.3. The van der Waals surface area contributed by atoms with Crippen LogP contribution in [-0.4, -0.2) is 57.8 Å². The molecule has 3 atom stereocenters. The number of carboxylic acids is 1. The first-order valence-electron chi connectivity index (χ1n) is 11.6. The summed E-state index contributed by atoms with van der Waals surface area (Å²) in [6, 6.07) is 10.7. The van der Waals surface area contributed by atoms with Crippen LogP contribution >= 0.6 is 11.8 Å². The summed E-state index contributed by atoms with van der Waals surface area (Å²) < 4.78 is 20.1. The number of aliphatic carboxylic acids is 1. The number of hydrogen-bond acceptors (Lipinski definition) is 6. The third-order valence-electron chi connectivity index (χ3n) is 5.55. The van der Waals surface area contributed by atoms with Crippen LogP contribution in [0.5, 0.6) is 0 Å². The summed E-state index contributed by atoms with van der Waals surface area (Å²) in [5, 5.41) is 13.5. The Morgan fingerprint density at radius 3 is 2.51 bits per heavy atom. The van der Waals surface area contributed by atoms with Gasteiger partial charge in [0.05, 0.1) is 12.5 Å². The number of hydrogen-bond donors (Lipinski definition) is 3. The number of nitrogens with one attached hydrogen (secondary N) is 2. The van der Waals surface area contributed by atoms with Crippen LogP contribution in [0.4, 0.5) is 14.9 Å². The summed E-state index contributed by atoms with van der Waals surface area (Å²) in [4.78, 5) is 51.1. The van der Waals surface area contributed by atoms with Gasteiger partial charge in [0.2, 0.25) is 5.91 Å². The molecule has 198 valence electrons. The number of anilines is 1. The smallest absolute Gasteiger partial charge is 0.330 e. The van der Waals surface area contributed by atoms with E-state index in [4.69, 9.17) is 4.74 Å². The van der Waals surface area contributed by atoms with Crippen LogP contribution in [0.2, 0.25) is 0 Å². The van der Waals surface area contributed by atoms with E-state index in [2.05, 4.69) is 10.6 Å². The number of ether oxygens (including phenoxy) is 1. The van der Waals surface area contributed by atoms with Crippen molar-refractivity contribution >= 4 is 41.3 Å². The zero-order valence-electron chi connectivity index (χ0n) is 21.0. The number of carbonyl (C=O) groups is 4. The van der Waals surface area contributed by atoms with Crippen molar-refractivity contribution in [2.45, 2.75) is 50.6 Å². The van der Waals surface area contributed by atoms with Gasteiger partial charge in [-0.3, -0.25) is 9.59 Å². The Hall–Kier alpha value is -3.60. The number of nitrogens with zero attached hydrogens (tertiary/aromatic N) is 1. The molecule has 1 fully saturated rings. The molecule has 0 bridgehead atoms. The number of amides is 3. The van der Waals surface area contributed by atoms with E-state index in [0.29, 0.717) is 11.3 Å². The molecule has 0 spiro atoms. The summed E-state index contributed by atoms with van der Waals surface area (Å²) >= 11 is 1.24. The van der Waals surface area contributed by atoms with Crippen molar-refractivity contribution in [3.8, 4) is 0 Å². The number of carbonyl (C=O) groups excluding carboxylic acids is 3. The Morgan fingerprint density at radius 2 is 1.86 bits per heavy atom. The Balaban J connectivity index is 1.73. The van der Waals surface area contributed by atoms with E-state index in [0.717, 1.165) is 0 Å². The van der Waals surface area contributed by atoms with Crippen LogP contribution in [-0.2, 0) is 19.1 Å². The van der Waals surface area contributed by atoms with Gasteiger partial charge in [-0.1, -0.05) is 30.3 Å². The molecule has 2 aromatic carbocycles. The second-order valence-corrected chi connectivity index (χ2v) is 10.7. The molecule has 9 nitrogen and oxygen atoms in total. The van der Waals surface area contributed by atoms with Gasteiger partial charge in [0, 0.05) is 17.0 Å². The van der Waals surface area contributed by atoms with Gasteiger partial charge < -0.3 is 25.4 Å². The molecule has 0 saturated carbocycles. The average molecular weight is 532 g/mol. The zero-order valence-corrected chi connectivity index (χ0v) is 21.8. The van der Waals surface area contributed by atoms with E-state index in [1.54, 1.807) is 51.1 Å². The second kappa shape index (κ2) is 11.6. The van der Waals surface area contributed by atoms with Crippen LogP contribution < -0.4 is 10.6 Å². The molecule has 1 unspecified atom stereocenters. The summed E-state index contributed by atoms with van der Waals surface area (Å²) in [5.74, 6) is -3.26. The maximum Gasteiger partial charge on any atom is 0.330 e. The molecule has 3 rings (SSSR count). The molecule has 1 aliphatic heterocycles. The Kier molecular flexibility index (Phi) is 8.80. The monoisotopic (exact) mass is 531 g/mol. The van der Waals surface area contributed by atoms with Gasteiger partial charge in [-0.2, -0.15) is 0 Å². The molecule has 3 amide bonds. The summed E-state index contributed by atoms with van der Waals surface area (Å²) in [6.45, 7) is 6.21. The van der Waals surface area contributed by atoms with Crippen molar-refractivity contribution < 1.29 is 33.4 Å². The van der Waals surface area contributed by atoms with Crippen molar-refractivity contribution in [2.24, 2.45) is 0 Å². The molecule has 0 radical (unpaired) electrons. The average Bonchev–Trinajstić information content (AvgIpc) is 3.26. The normalized spacial score (nSPS) is 18.1. The molecule has 1 heterocycles. The molecule has 2 aromatic rings. The number of esters is 1. The Morgan fingerprint density at radius 1 is 1.16 bits per heavy atom. The lowest BCUT2D eigenvalue weighted by Crippen LogP contribution is -2.49. The first kappa shape index (κ1) is 28.0. The van der Waals surface area contributed by atoms with Crippen molar-refractivity contribution in [3.05, 3.63) is 65.5 Å². The van der Waals surface area contributed by atoms with Gasteiger partial charge in [-0.05, 0) is 51.5 Å². The highest BCUT2D eigenvalue weighted by atomic mass is 32.2. The maximum atomic E-state index is 14.6. The van der Waals surface area contributed by atoms with Crippen LogP contribution in [0.25, 0.3) is 0 Å². The van der Waals surface area contributed by atoms with Crippen molar-refractivity contribution in [1.82, 2.24) is 10.2 Å². The molecule has 1 saturated heterocycles. The van der Waals surface area contributed by atoms with Gasteiger partial charge in [0.15, 0.2) is 0 Å². The van der Waals surface area contributed by atoms with Crippen LogP contribution in [0.15, 0.2) is 48.5 Å². The van der Waals surface area contributed by atoms with Gasteiger partial charge in [0.25, 0.3) is 0 Å². The summed E-state index contributed by atoms with van der Waals surface area (Å²) in [7, 11) is 0. The highest BCUT2D eigenvalue weighted by Crippen LogP contribution is 2.42. The Bertz CT molecular complexity index is 1180. The van der Waals surface area contributed by atoms with E-state index < -0.39 is 59.2 Å². The fourth-order valence-electron chi connectivity index (χ4n) is 3.73. The molecule has 0 aliphatic carbocycles. The lowest BCUT2D eigenvalue weighted by Gasteiger charge is -2.30. The molecule has 11 heteroatoms. The third-order valence-corrected chi connectivity index (χ3v) is 6.86. The number of urea groups is 1. The van der Waals surface area contributed by atoms with Crippen LogP contribution in [0.1, 0.15) is 50.1 Å². The largest absolute Gasteiger partial charge is 0.481 e. The number of thioether (sulfide) groups is 1. The standard InChI is InChI=1S/C26H30FN3O6S/c1-15(23(32)33)16-8-7-9-17(12-16)29-25(35)28-13-21(31)30-20(24(34)36-26(2,3)4)14-37-22(30)18-10-5-6-11-19(18)27/h5-12,15,20,22H,13-14H2,1-4H3,(H,32,33)(H2,28,29,35)/t15?,20-,22+/m0/s1. The third kappa shape index (κ3) is 7.22. The predicted octanol–water partition coefficient (Wildman–Crippen LogP) is 4.12. The topological polar surface area (TPSA) is 125 Å². The van der Waals surface area contributed by atoms with Gasteiger partial charge in [-0.15, -0.1) is 11.8 Å². The van der Waals surface area contributed by atoms with Crippen molar-refractivity contribution in [1.29, 1.82) is 0 Å². The highest BCUT2D eigenvalue weighted by molar-refractivity contribution is 7.99. The lowest BCUT2D eigenvalue weighted by molar-refractivity contribution is -0.163. The van der Waals surface area contributed by atoms with Crippen LogP contribution in [0, 0.1) is 5.82 Å². The number of benzene rings is 2. The predicted molar refractivity (Wildman–Crippen MR) is 138 cm³/mol. The quantitative estimate of drug-likeness (QED) is 0.459. The minimum absolute atomic E-state index is 0.209. The highest BCUT2D eigenvalue weighted by Gasteiger charge is 2.44. The number of rotatable bonds is 7. The summed E-state index contributed by atoms with van der Waals surface area (Å²) in [5.41, 5.74) is 0.324. The van der Waals surface area contributed by atoms with E-state index in [9.17, 15) is 28.7 Å². The SMILES string of the molecule is CC(C(=O)O)c1cccc(NC(=O)NCC(=O)N2[C@@H](c3ccccc3F)SC[C@H]2C(=O)OC(C)(C)C)c1. The van der Waals surface area contributed by atoms with E-state index >= 15 is 0 Å². The maximum absolute atomic E-state index is 14.6. The van der Waals surface area contributed by atoms with Crippen molar-refractivity contribution in [3.63, 3.8) is 0 Å². The molecule has 3 N–H and O–H groups in total. The summed E-state index contributed by atoms with van der Waals surface area (Å²) in [6.07, 6.45) is 0. The fourth-order valence-corrected chi connectivity index (χ4v) is 5.19. The lowest BCUT2D eigenvalue weighted by atomic mass is 10.0. The molecular formula is C26H30FN3O6S. The van der Waals surface area contributed by atoms with Gasteiger partial charge >= 0.3 is 18.0 Å². The van der Waals surface area contributed by atoms with E-state index in [1.165, 1.54) is 41.8 Å². The van der Waals surface area contributed by atoms with Gasteiger partial charge in [0.1, 0.15) is 22.8 Å². The van der Waals surface area contributed by atoms with E-state index in [1.807, 2.05) is 0 Å². The van der Waals surface area contributed by atoms with E-state index in [-0.39, 0.29) is 11.3 Å². The van der Waals surface area contributed by atoms with Crippen LogP contribution in [0.3, 0.4) is 0 Å². The van der Waals surface area contributed by atoms with Gasteiger partial charge in [-0.25, -0.2) is 14.0 Å². The minimum atomic E-state index is -1.00. The number of carboxylic acid groups (broad SMARTS) is 1. The molecule has 1 aliphatic rings. The second-order valence-electron chi connectivity index (χ2n) is 9.55. The molecule has 0 aromatic heterocycles. The number of halogens is 1. The van der Waals surface area contributed by atoms with Crippen molar-refractivity contribution in [2.75, 3.05) is 17.6 Å². The molecule has 37 heavy (non-hydrogen) atoms. The first-order valence-corrected chi connectivity index (χ1v) is 12.7. The first-order chi connectivity index (χ1) is 17.4.